The normalized spacial score (nSPS) is 31.3. The summed E-state index contributed by atoms with van der Waals surface area (Å²) < 4.78 is 0. The lowest BCUT2D eigenvalue weighted by atomic mass is 9.85. The summed E-state index contributed by atoms with van der Waals surface area (Å²) in [5, 5.41) is 11.2. The second-order valence-electron chi connectivity index (χ2n) is 3.64. The van der Waals surface area contributed by atoms with E-state index in [0.29, 0.717) is 0 Å². The molecule has 0 saturated carbocycles. The molecule has 1 heterocycles. The molecular formula is C9H13NO4. The zero-order valence-corrected chi connectivity index (χ0v) is 8.11. The Hall–Kier alpha value is -1.39. The number of rotatable bonds is 3. The number of amides is 1. The number of carboxylic acid groups (broad SMARTS) is 1. The fourth-order valence-electron chi connectivity index (χ4n) is 1.98. The Kier molecular flexibility index (Phi) is 2.88. The predicted molar refractivity (Wildman–Crippen MR) is 47.5 cm³/mol. The topological polar surface area (TPSA) is 83.5 Å². The number of carboxylic acids is 1. The van der Waals surface area contributed by atoms with Crippen LogP contribution in [0.5, 0.6) is 0 Å². The molecule has 3 atom stereocenters. The molecule has 1 aliphatic rings. The van der Waals surface area contributed by atoms with E-state index < -0.39 is 17.8 Å². The van der Waals surface area contributed by atoms with Crippen LogP contribution in [-0.4, -0.2) is 28.8 Å². The summed E-state index contributed by atoms with van der Waals surface area (Å²) in [4.78, 5) is 33.0. The standard InChI is InChI=1S/C9H13NO4/c1-4-8(5(2)11)6(3-7(12)13)9(14)10-4/h4,6,8H,3H2,1-2H3,(H,10,14)(H,12,13)/t4-,6+,8-/m0/s1. The summed E-state index contributed by atoms with van der Waals surface area (Å²) >= 11 is 0. The number of nitrogens with one attached hydrogen (secondary N) is 1. The van der Waals surface area contributed by atoms with E-state index in [9.17, 15) is 14.4 Å². The molecule has 1 amide bonds. The summed E-state index contributed by atoms with van der Waals surface area (Å²) in [7, 11) is 0. The van der Waals surface area contributed by atoms with Crippen molar-refractivity contribution >= 4 is 17.7 Å². The van der Waals surface area contributed by atoms with E-state index >= 15 is 0 Å². The monoisotopic (exact) mass is 199 g/mol. The Labute approximate surface area is 81.5 Å². The van der Waals surface area contributed by atoms with Gasteiger partial charge in [-0.25, -0.2) is 0 Å². The van der Waals surface area contributed by atoms with Gasteiger partial charge in [0.2, 0.25) is 5.91 Å². The van der Waals surface area contributed by atoms with Crippen molar-refractivity contribution in [1.82, 2.24) is 5.32 Å². The third-order valence-corrected chi connectivity index (χ3v) is 2.54. The highest BCUT2D eigenvalue weighted by atomic mass is 16.4. The van der Waals surface area contributed by atoms with Crippen LogP contribution >= 0.6 is 0 Å². The van der Waals surface area contributed by atoms with E-state index in [1.165, 1.54) is 6.92 Å². The zero-order chi connectivity index (χ0) is 10.9. The summed E-state index contributed by atoms with van der Waals surface area (Å²) in [6, 6.07) is -0.260. The molecule has 1 aliphatic heterocycles. The Balaban J connectivity index is 2.83. The van der Waals surface area contributed by atoms with Crippen LogP contribution in [0.4, 0.5) is 0 Å². The molecule has 1 saturated heterocycles. The van der Waals surface area contributed by atoms with Crippen molar-refractivity contribution in [3.05, 3.63) is 0 Å². The van der Waals surface area contributed by atoms with E-state index in [4.69, 9.17) is 5.11 Å². The van der Waals surface area contributed by atoms with E-state index in [1.54, 1.807) is 6.92 Å². The lowest BCUT2D eigenvalue weighted by molar-refractivity contribution is -0.141. The number of Topliss-reactive ketones (excluding diaryl/α,β-unsaturated/α-hetero) is 1. The molecule has 2 N–H and O–H groups in total. The van der Waals surface area contributed by atoms with Crippen molar-refractivity contribution in [3.8, 4) is 0 Å². The second-order valence-corrected chi connectivity index (χ2v) is 3.64. The first-order valence-corrected chi connectivity index (χ1v) is 4.46. The van der Waals surface area contributed by atoms with Gasteiger partial charge in [-0.3, -0.25) is 14.4 Å². The highest BCUT2D eigenvalue weighted by Crippen LogP contribution is 2.27. The van der Waals surface area contributed by atoms with Crippen molar-refractivity contribution in [2.24, 2.45) is 11.8 Å². The van der Waals surface area contributed by atoms with Crippen LogP contribution in [0.3, 0.4) is 0 Å². The molecule has 0 unspecified atom stereocenters. The molecule has 0 aliphatic carbocycles. The fourth-order valence-corrected chi connectivity index (χ4v) is 1.98. The van der Waals surface area contributed by atoms with Gasteiger partial charge in [0.1, 0.15) is 5.78 Å². The van der Waals surface area contributed by atoms with Crippen LogP contribution in [0.1, 0.15) is 20.3 Å². The Morgan fingerprint density at radius 3 is 2.50 bits per heavy atom. The summed E-state index contributed by atoms with van der Waals surface area (Å²) in [6.07, 6.45) is -0.277. The van der Waals surface area contributed by atoms with Gasteiger partial charge in [-0.15, -0.1) is 0 Å². The first kappa shape index (κ1) is 10.7. The van der Waals surface area contributed by atoms with Gasteiger partial charge in [-0.05, 0) is 13.8 Å². The average Bonchev–Trinajstić information content (AvgIpc) is 2.25. The first-order chi connectivity index (χ1) is 6.43. The van der Waals surface area contributed by atoms with Crippen LogP contribution in [0.2, 0.25) is 0 Å². The Morgan fingerprint density at radius 2 is 2.07 bits per heavy atom. The summed E-state index contributed by atoms with van der Waals surface area (Å²) in [5.74, 6) is -2.73. The molecule has 5 nitrogen and oxygen atoms in total. The Morgan fingerprint density at radius 1 is 1.50 bits per heavy atom. The van der Waals surface area contributed by atoms with Gasteiger partial charge in [0.15, 0.2) is 0 Å². The molecule has 0 spiro atoms. The van der Waals surface area contributed by atoms with Gasteiger partial charge in [-0.2, -0.15) is 0 Å². The molecule has 1 rings (SSSR count). The highest BCUT2D eigenvalue weighted by Gasteiger charge is 2.43. The number of hydrogen-bond donors (Lipinski definition) is 2. The van der Waals surface area contributed by atoms with Gasteiger partial charge >= 0.3 is 5.97 Å². The third kappa shape index (κ3) is 1.92. The van der Waals surface area contributed by atoms with Crippen molar-refractivity contribution in [2.45, 2.75) is 26.3 Å². The number of aliphatic carboxylic acids is 1. The van der Waals surface area contributed by atoms with Crippen molar-refractivity contribution in [3.63, 3.8) is 0 Å². The number of ketones is 1. The smallest absolute Gasteiger partial charge is 0.304 e. The Bertz CT molecular complexity index is 287. The molecule has 0 aromatic rings. The van der Waals surface area contributed by atoms with Gasteiger partial charge < -0.3 is 10.4 Å². The number of hydrogen-bond acceptors (Lipinski definition) is 3. The first-order valence-electron chi connectivity index (χ1n) is 4.46. The lowest BCUT2D eigenvalue weighted by Gasteiger charge is -2.14. The maximum atomic E-state index is 11.3. The van der Waals surface area contributed by atoms with Gasteiger partial charge in [-0.1, -0.05) is 0 Å². The van der Waals surface area contributed by atoms with Crippen molar-refractivity contribution < 1.29 is 19.5 Å². The SMILES string of the molecule is CC(=O)[C@@H]1[C@H](C)NC(=O)[C@@H]1CC(=O)O. The number of carbonyl (C=O) groups is 3. The zero-order valence-electron chi connectivity index (χ0n) is 8.11. The van der Waals surface area contributed by atoms with E-state index in [1.807, 2.05) is 0 Å². The maximum Gasteiger partial charge on any atom is 0.304 e. The molecule has 78 valence electrons. The molecular weight excluding hydrogens is 186 g/mol. The predicted octanol–water partition coefficient (Wildman–Crippen LogP) is -0.199. The molecule has 1 fully saturated rings. The van der Waals surface area contributed by atoms with E-state index in [-0.39, 0.29) is 24.2 Å². The lowest BCUT2D eigenvalue weighted by Crippen LogP contribution is -2.29. The minimum absolute atomic E-state index is 0.137. The number of carbonyl (C=O) groups excluding carboxylic acids is 2. The summed E-state index contributed by atoms with van der Waals surface area (Å²) in [5.41, 5.74) is 0. The van der Waals surface area contributed by atoms with E-state index in [2.05, 4.69) is 5.32 Å². The van der Waals surface area contributed by atoms with E-state index in [0.717, 1.165) is 0 Å². The van der Waals surface area contributed by atoms with Crippen LogP contribution < -0.4 is 5.32 Å². The minimum Gasteiger partial charge on any atom is -0.481 e. The second kappa shape index (κ2) is 3.77. The third-order valence-electron chi connectivity index (χ3n) is 2.54. The molecule has 0 bridgehead atoms. The molecule has 5 heteroatoms. The van der Waals surface area contributed by atoms with Crippen LogP contribution in [0.15, 0.2) is 0 Å². The van der Waals surface area contributed by atoms with Crippen molar-refractivity contribution in [1.29, 1.82) is 0 Å². The largest absolute Gasteiger partial charge is 0.481 e. The molecule has 0 radical (unpaired) electrons. The van der Waals surface area contributed by atoms with Crippen LogP contribution in [0.25, 0.3) is 0 Å². The highest BCUT2D eigenvalue weighted by molar-refractivity contribution is 5.93. The van der Waals surface area contributed by atoms with Crippen LogP contribution in [0, 0.1) is 11.8 Å². The molecule has 0 aromatic carbocycles. The summed E-state index contributed by atoms with van der Waals surface area (Å²) in [6.45, 7) is 3.10. The maximum absolute atomic E-state index is 11.3. The minimum atomic E-state index is -1.05. The van der Waals surface area contributed by atoms with Crippen molar-refractivity contribution in [2.75, 3.05) is 0 Å². The van der Waals surface area contributed by atoms with Crippen LogP contribution in [-0.2, 0) is 14.4 Å². The quantitative estimate of drug-likeness (QED) is 0.659. The van der Waals surface area contributed by atoms with Gasteiger partial charge in [0, 0.05) is 12.0 Å². The van der Waals surface area contributed by atoms with Gasteiger partial charge in [0.25, 0.3) is 0 Å². The molecule has 0 aromatic heterocycles. The average molecular weight is 199 g/mol. The van der Waals surface area contributed by atoms with Gasteiger partial charge in [0.05, 0.1) is 12.3 Å². The molecule has 14 heavy (non-hydrogen) atoms. The fraction of sp³-hybridized carbons (Fsp3) is 0.667.